The second kappa shape index (κ2) is 7.87. The van der Waals surface area contributed by atoms with Crippen LogP contribution in [0.2, 0.25) is 0 Å². The lowest BCUT2D eigenvalue weighted by Crippen LogP contribution is -2.48. The fraction of sp³-hybridized carbons (Fsp3) is 0.786. The number of nitrogens with one attached hydrogen (secondary N) is 1. The molecule has 0 aliphatic rings. The Morgan fingerprint density at radius 1 is 1.25 bits per heavy atom. The van der Waals surface area contributed by atoms with Gasteiger partial charge < -0.3 is 15.0 Å². The summed E-state index contributed by atoms with van der Waals surface area (Å²) in [6, 6.07) is -0.579. The molecular weight excluding hydrogens is 260 g/mol. The van der Waals surface area contributed by atoms with Crippen LogP contribution >= 0.6 is 0 Å². The summed E-state index contributed by atoms with van der Waals surface area (Å²) in [7, 11) is 2.99. The lowest BCUT2D eigenvalue weighted by molar-refractivity contribution is -0.141. The SMILES string of the molecule is COC(=O)CCCN(C)C(=O)C(C)NC(=O)C(C)(C)C. The molecule has 0 saturated carbocycles. The summed E-state index contributed by atoms with van der Waals surface area (Å²) in [6.07, 6.45) is 0.811. The van der Waals surface area contributed by atoms with Crippen molar-refractivity contribution in [3.8, 4) is 0 Å². The van der Waals surface area contributed by atoms with E-state index in [0.29, 0.717) is 13.0 Å². The predicted molar refractivity (Wildman–Crippen MR) is 75.9 cm³/mol. The molecule has 1 unspecified atom stereocenters. The van der Waals surface area contributed by atoms with Crippen molar-refractivity contribution in [2.24, 2.45) is 5.41 Å². The first-order valence-corrected chi connectivity index (χ1v) is 6.72. The van der Waals surface area contributed by atoms with Crippen LogP contribution in [0, 0.1) is 5.41 Å². The number of rotatable bonds is 6. The molecule has 116 valence electrons. The van der Waals surface area contributed by atoms with Crippen LogP contribution in [0.15, 0.2) is 0 Å². The zero-order valence-corrected chi connectivity index (χ0v) is 13.3. The van der Waals surface area contributed by atoms with Crippen LogP contribution < -0.4 is 5.32 Å². The van der Waals surface area contributed by atoms with Gasteiger partial charge in [0.2, 0.25) is 11.8 Å². The number of amides is 2. The highest BCUT2D eigenvalue weighted by molar-refractivity contribution is 5.89. The number of ether oxygens (including phenoxy) is 1. The van der Waals surface area contributed by atoms with Gasteiger partial charge in [0, 0.05) is 25.4 Å². The molecule has 0 spiro atoms. The van der Waals surface area contributed by atoms with Gasteiger partial charge in [0.05, 0.1) is 7.11 Å². The Bertz CT molecular complexity index is 361. The number of hydrogen-bond donors (Lipinski definition) is 1. The maximum absolute atomic E-state index is 12.0. The monoisotopic (exact) mass is 286 g/mol. The minimum Gasteiger partial charge on any atom is -0.469 e. The molecule has 0 aromatic carbocycles. The molecule has 20 heavy (non-hydrogen) atoms. The van der Waals surface area contributed by atoms with Gasteiger partial charge >= 0.3 is 5.97 Å². The fourth-order valence-corrected chi connectivity index (χ4v) is 1.48. The molecule has 1 N–H and O–H groups in total. The number of carbonyl (C=O) groups is 3. The third-order valence-electron chi connectivity index (χ3n) is 2.88. The summed E-state index contributed by atoms with van der Waals surface area (Å²) in [5.74, 6) is -0.631. The Morgan fingerprint density at radius 3 is 2.25 bits per heavy atom. The molecule has 0 rings (SSSR count). The Labute approximate surface area is 120 Å². The van der Waals surface area contributed by atoms with Crippen molar-refractivity contribution in [3.63, 3.8) is 0 Å². The second-order valence-electron chi connectivity index (χ2n) is 5.88. The maximum Gasteiger partial charge on any atom is 0.305 e. The van der Waals surface area contributed by atoms with Gasteiger partial charge in [-0.05, 0) is 13.3 Å². The van der Waals surface area contributed by atoms with Crippen molar-refractivity contribution in [2.45, 2.75) is 46.6 Å². The van der Waals surface area contributed by atoms with Crippen molar-refractivity contribution in [1.29, 1.82) is 0 Å². The molecule has 0 saturated heterocycles. The van der Waals surface area contributed by atoms with Crippen LogP contribution in [0.1, 0.15) is 40.5 Å². The van der Waals surface area contributed by atoms with E-state index in [-0.39, 0.29) is 24.2 Å². The third kappa shape index (κ3) is 6.54. The van der Waals surface area contributed by atoms with Gasteiger partial charge in [0.25, 0.3) is 0 Å². The van der Waals surface area contributed by atoms with Gasteiger partial charge in [-0.15, -0.1) is 0 Å². The molecule has 6 heteroatoms. The highest BCUT2D eigenvalue weighted by Gasteiger charge is 2.26. The number of carbonyl (C=O) groups excluding carboxylic acids is 3. The Kier molecular flexibility index (Phi) is 7.24. The average molecular weight is 286 g/mol. The zero-order valence-electron chi connectivity index (χ0n) is 13.3. The smallest absolute Gasteiger partial charge is 0.305 e. The normalized spacial score (nSPS) is 12.5. The van der Waals surface area contributed by atoms with Crippen LogP contribution in [0.4, 0.5) is 0 Å². The number of methoxy groups -OCH3 is 1. The third-order valence-corrected chi connectivity index (χ3v) is 2.88. The van der Waals surface area contributed by atoms with E-state index in [4.69, 9.17) is 0 Å². The van der Waals surface area contributed by atoms with E-state index in [0.717, 1.165) is 0 Å². The van der Waals surface area contributed by atoms with Crippen molar-refractivity contribution in [1.82, 2.24) is 10.2 Å². The van der Waals surface area contributed by atoms with Gasteiger partial charge in [0.1, 0.15) is 6.04 Å². The van der Waals surface area contributed by atoms with Gasteiger partial charge in [0.15, 0.2) is 0 Å². The minimum atomic E-state index is -0.579. The van der Waals surface area contributed by atoms with E-state index < -0.39 is 11.5 Å². The molecule has 0 aliphatic carbocycles. The van der Waals surface area contributed by atoms with Gasteiger partial charge in [-0.2, -0.15) is 0 Å². The largest absolute Gasteiger partial charge is 0.469 e. The molecule has 1 atom stereocenters. The molecule has 0 aromatic heterocycles. The first-order valence-electron chi connectivity index (χ1n) is 6.72. The highest BCUT2D eigenvalue weighted by Crippen LogP contribution is 2.13. The van der Waals surface area contributed by atoms with E-state index in [1.165, 1.54) is 12.0 Å². The molecule has 6 nitrogen and oxygen atoms in total. The van der Waals surface area contributed by atoms with Crippen LogP contribution in [0.25, 0.3) is 0 Å². The molecule has 2 amide bonds. The van der Waals surface area contributed by atoms with Crippen LogP contribution in [0.3, 0.4) is 0 Å². The topological polar surface area (TPSA) is 75.7 Å². The van der Waals surface area contributed by atoms with E-state index in [1.54, 1.807) is 34.7 Å². The van der Waals surface area contributed by atoms with Gasteiger partial charge in [-0.1, -0.05) is 20.8 Å². The lowest BCUT2D eigenvalue weighted by Gasteiger charge is -2.25. The molecule has 0 radical (unpaired) electrons. The van der Waals surface area contributed by atoms with Crippen LogP contribution in [-0.4, -0.2) is 49.4 Å². The van der Waals surface area contributed by atoms with E-state index in [9.17, 15) is 14.4 Å². The second-order valence-corrected chi connectivity index (χ2v) is 5.88. The standard InChI is InChI=1S/C14H26N2O4/c1-10(15-13(19)14(2,3)4)12(18)16(5)9-7-8-11(17)20-6/h10H,7-9H2,1-6H3,(H,15,19). The molecule has 0 bridgehead atoms. The summed E-state index contributed by atoms with van der Waals surface area (Å²) < 4.78 is 4.53. The predicted octanol–water partition coefficient (Wildman–Crippen LogP) is 0.949. The summed E-state index contributed by atoms with van der Waals surface area (Å²) in [5, 5.41) is 2.69. The lowest BCUT2D eigenvalue weighted by atomic mass is 9.95. The Balaban J connectivity index is 4.23. The number of nitrogens with zero attached hydrogens (tertiary/aromatic N) is 1. The van der Waals surface area contributed by atoms with Crippen molar-refractivity contribution in [2.75, 3.05) is 20.7 Å². The summed E-state index contributed by atoms with van der Waals surface area (Å²) in [5.41, 5.74) is -0.530. The summed E-state index contributed by atoms with van der Waals surface area (Å²) >= 11 is 0. The van der Waals surface area contributed by atoms with Gasteiger partial charge in [-0.3, -0.25) is 14.4 Å². The van der Waals surface area contributed by atoms with Crippen molar-refractivity contribution >= 4 is 17.8 Å². The van der Waals surface area contributed by atoms with Crippen molar-refractivity contribution in [3.05, 3.63) is 0 Å². The minimum absolute atomic E-state index is 0.165. The van der Waals surface area contributed by atoms with Gasteiger partial charge in [-0.25, -0.2) is 0 Å². The average Bonchev–Trinajstić information content (AvgIpc) is 2.35. The first-order chi connectivity index (χ1) is 9.09. The van der Waals surface area contributed by atoms with Crippen LogP contribution in [0.5, 0.6) is 0 Å². The van der Waals surface area contributed by atoms with E-state index in [2.05, 4.69) is 10.1 Å². The van der Waals surface area contributed by atoms with E-state index >= 15 is 0 Å². The zero-order chi connectivity index (χ0) is 15.9. The Hall–Kier alpha value is -1.59. The summed E-state index contributed by atoms with van der Waals surface area (Å²) in [4.78, 5) is 36.3. The summed E-state index contributed by atoms with van der Waals surface area (Å²) in [6.45, 7) is 7.48. The molecule has 0 aliphatic heterocycles. The number of likely N-dealkylation sites (N-methyl/N-ethyl adjacent to an activating group) is 1. The Morgan fingerprint density at radius 2 is 1.80 bits per heavy atom. The molecule has 0 aromatic rings. The quantitative estimate of drug-likeness (QED) is 0.738. The fourth-order valence-electron chi connectivity index (χ4n) is 1.48. The van der Waals surface area contributed by atoms with E-state index in [1.807, 2.05) is 0 Å². The maximum atomic E-state index is 12.0. The van der Waals surface area contributed by atoms with Crippen molar-refractivity contribution < 1.29 is 19.1 Å². The highest BCUT2D eigenvalue weighted by atomic mass is 16.5. The number of hydrogen-bond acceptors (Lipinski definition) is 4. The van der Waals surface area contributed by atoms with Crippen LogP contribution in [-0.2, 0) is 19.1 Å². The number of esters is 1. The first kappa shape index (κ1) is 18.4. The molecule has 0 fully saturated rings. The molecule has 0 heterocycles. The molecular formula is C14H26N2O4.